The fourth-order valence-electron chi connectivity index (χ4n) is 2.97. The molecule has 0 heterocycles. The Morgan fingerprint density at radius 2 is 1.87 bits per heavy atom. The van der Waals surface area contributed by atoms with Crippen molar-refractivity contribution in [2.45, 2.75) is 51.6 Å². The Labute approximate surface area is 188 Å². The van der Waals surface area contributed by atoms with E-state index < -0.39 is 11.6 Å². The lowest BCUT2D eigenvalue weighted by atomic mass is 10.1. The van der Waals surface area contributed by atoms with Gasteiger partial charge in [-0.2, -0.15) is 0 Å². The van der Waals surface area contributed by atoms with Crippen LogP contribution in [-0.4, -0.2) is 41.2 Å². The first kappa shape index (κ1) is 24.7. The number of nitrogens with zero attached hydrogens (tertiary/aromatic N) is 1. The van der Waals surface area contributed by atoms with Crippen LogP contribution in [0.2, 0.25) is 0 Å². The summed E-state index contributed by atoms with van der Waals surface area (Å²) in [7, 11) is 1.58. The predicted molar refractivity (Wildman–Crippen MR) is 123 cm³/mol. The van der Waals surface area contributed by atoms with Crippen molar-refractivity contribution in [2.24, 2.45) is 0 Å². The van der Waals surface area contributed by atoms with E-state index in [0.29, 0.717) is 17.1 Å². The van der Waals surface area contributed by atoms with Crippen molar-refractivity contribution in [1.82, 2.24) is 10.2 Å². The predicted octanol–water partition coefficient (Wildman–Crippen LogP) is 4.40. The van der Waals surface area contributed by atoms with Crippen LogP contribution in [0, 0.1) is 5.82 Å². The Balaban J connectivity index is 2.13. The van der Waals surface area contributed by atoms with E-state index in [-0.39, 0.29) is 29.9 Å². The number of thioether (sulfide) groups is 1. The van der Waals surface area contributed by atoms with Crippen LogP contribution >= 0.6 is 11.8 Å². The zero-order valence-electron chi connectivity index (χ0n) is 18.8. The van der Waals surface area contributed by atoms with Gasteiger partial charge in [-0.1, -0.05) is 30.3 Å². The molecule has 0 spiro atoms. The monoisotopic (exact) mass is 446 g/mol. The average molecular weight is 447 g/mol. The molecule has 2 aromatic rings. The zero-order valence-corrected chi connectivity index (χ0v) is 19.6. The molecule has 168 valence electrons. The molecule has 0 unspecified atom stereocenters. The molecule has 0 saturated carbocycles. The maximum Gasteiger partial charge on any atom is 0.242 e. The molecule has 0 aliphatic heterocycles. The number of rotatable bonds is 9. The van der Waals surface area contributed by atoms with Gasteiger partial charge in [-0.15, -0.1) is 11.8 Å². The highest BCUT2D eigenvalue weighted by Crippen LogP contribution is 2.20. The largest absolute Gasteiger partial charge is 0.497 e. The van der Waals surface area contributed by atoms with E-state index in [9.17, 15) is 14.0 Å². The summed E-state index contributed by atoms with van der Waals surface area (Å²) in [5.41, 5.74) is 1.01. The number of benzene rings is 2. The Bertz CT molecular complexity index is 898. The molecular formula is C24H31FN2O3S. The van der Waals surface area contributed by atoms with Gasteiger partial charge in [0.05, 0.1) is 12.9 Å². The van der Waals surface area contributed by atoms with Crippen LogP contribution < -0.4 is 10.1 Å². The Morgan fingerprint density at radius 3 is 2.52 bits per heavy atom. The summed E-state index contributed by atoms with van der Waals surface area (Å²) in [4.78, 5) is 27.4. The van der Waals surface area contributed by atoms with E-state index in [1.54, 1.807) is 37.1 Å². The molecule has 0 aromatic heterocycles. The summed E-state index contributed by atoms with van der Waals surface area (Å²) in [6.07, 6.45) is 0. The Morgan fingerprint density at radius 1 is 1.16 bits per heavy atom. The van der Waals surface area contributed by atoms with Crippen molar-refractivity contribution < 1.29 is 18.7 Å². The molecule has 0 radical (unpaired) electrons. The minimum absolute atomic E-state index is 0.144. The quantitative estimate of drug-likeness (QED) is 0.620. The van der Waals surface area contributed by atoms with Gasteiger partial charge in [0, 0.05) is 17.8 Å². The van der Waals surface area contributed by atoms with Crippen molar-refractivity contribution in [3.8, 4) is 5.75 Å². The molecule has 31 heavy (non-hydrogen) atoms. The topological polar surface area (TPSA) is 58.6 Å². The molecule has 2 rings (SSSR count). The van der Waals surface area contributed by atoms with Gasteiger partial charge in [0.15, 0.2) is 0 Å². The summed E-state index contributed by atoms with van der Waals surface area (Å²) in [5.74, 6) is 0.530. The third-order valence-electron chi connectivity index (χ3n) is 4.59. The van der Waals surface area contributed by atoms with Crippen molar-refractivity contribution in [2.75, 3.05) is 12.9 Å². The van der Waals surface area contributed by atoms with Crippen LogP contribution in [0.3, 0.4) is 0 Å². The van der Waals surface area contributed by atoms with Crippen molar-refractivity contribution >= 4 is 23.6 Å². The molecular weight excluding hydrogens is 415 g/mol. The lowest BCUT2D eigenvalue weighted by Crippen LogP contribution is -2.52. The third-order valence-corrected chi connectivity index (χ3v) is 5.56. The van der Waals surface area contributed by atoms with Gasteiger partial charge in [-0.3, -0.25) is 9.59 Å². The molecule has 2 aromatic carbocycles. The molecule has 0 saturated heterocycles. The van der Waals surface area contributed by atoms with E-state index in [4.69, 9.17) is 4.74 Å². The van der Waals surface area contributed by atoms with Gasteiger partial charge in [-0.25, -0.2) is 4.39 Å². The Hall–Kier alpha value is -2.54. The third kappa shape index (κ3) is 7.90. The summed E-state index contributed by atoms with van der Waals surface area (Å²) < 4.78 is 19.1. The fraction of sp³-hybridized carbons (Fsp3) is 0.417. The number of methoxy groups -OCH3 is 1. The van der Waals surface area contributed by atoms with Gasteiger partial charge in [-0.05, 0) is 57.0 Å². The van der Waals surface area contributed by atoms with Crippen LogP contribution in [0.4, 0.5) is 4.39 Å². The number of nitrogens with one attached hydrogen (secondary N) is 1. The van der Waals surface area contributed by atoms with Gasteiger partial charge in [0.2, 0.25) is 11.8 Å². The first-order valence-electron chi connectivity index (χ1n) is 10.2. The SMILES string of the molecule is COc1cccc(CN(C(=O)CSCc2ccccc2F)[C@@H](C)C(=O)NC(C)(C)C)c1. The van der Waals surface area contributed by atoms with Crippen molar-refractivity contribution in [3.05, 3.63) is 65.5 Å². The zero-order chi connectivity index (χ0) is 23.0. The highest BCUT2D eigenvalue weighted by molar-refractivity contribution is 7.99. The average Bonchev–Trinajstić information content (AvgIpc) is 2.71. The highest BCUT2D eigenvalue weighted by Gasteiger charge is 2.28. The van der Waals surface area contributed by atoms with E-state index in [2.05, 4.69) is 5.32 Å². The summed E-state index contributed by atoms with van der Waals surface area (Å²) in [6, 6.07) is 13.3. The van der Waals surface area contributed by atoms with E-state index in [0.717, 1.165) is 5.56 Å². The molecule has 0 aliphatic rings. The van der Waals surface area contributed by atoms with Gasteiger partial charge < -0.3 is 15.0 Å². The summed E-state index contributed by atoms with van der Waals surface area (Å²) >= 11 is 1.33. The molecule has 0 bridgehead atoms. The van der Waals surface area contributed by atoms with Crippen LogP contribution in [-0.2, 0) is 21.9 Å². The second-order valence-electron chi connectivity index (χ2n) is 8.37. The highest BCUT2D eigenvalue weighted by atomic mass is 32.2. The van der Waals surface area contributed by atoms with Crippen LogP contribution in [0.5, 0.6) is 5.75 Å². The maximum atomic E-state index is 13.8. The lowest BCUT2D eigenvalue weighted by molar-refractivity contribution is -0.139. The number of carbonyl (C=O) groups is 2. The molecule has 5 nitrogen and oxygen atoms in total. The molecule has 0 aliphatic carbocycles. The fourth-order valence-corrected chi connectivity index (χ4v) is 3.87. The summed E-state index contributed by atoms with van der Waals surface area (Å²) in [5, 5.41) is 2.94. The number of carbonyl (C=O) groups excluding carboxylic acids is 2. The van der Waals surface area contributed by atoms with Crippen LogP contribution in [0.25, 0.3) is 0 Å². The number of halogens is 1. The smallest absolute Gasteiger partial charge is 0.242 e. The molecule has 7 heteroatoms. The summed E-state index contributed by atoms with van der Waals surface area (Å²) in [6.45, 7) is 7.69. The first-order chi connectivity index (χ1) is 14.6. The van der Waals surface area contributed by atoms with Gasteiger partial charge in [0.1, 0.15) is 17.6 Å². The normalized spacial score (nSPS) is 12.2. The lowest BCUT2D eigenvalue weighted by Gasteiger charge is -2.31. The van der Waals surface area contributed by atoms with Crippen LogP contribution in [0.15, 0.2) is 48.5 Å². The first-order valence-corrected chi connectivity index (χ1v) is 11.3. The molecule has 1 N–H and O–H groups in total. The molecule has 1 atom stereocenters. The standard InChI is InChI=1S/C24H31FN2O3S/c1-17(23(29)26-24(2,3)4)27(14-18-9-8-11-20(13-18)30-5)22(28)16-31-15-19-10-6-7-12-21(19)25/h6-13,17H,14-16H2,1-5H3,(H,26,29)/t17-/m0/s1. The number of ether oxygens (including phenoxy) is 1. The minimum atomic E-state index is -0.660. The second-order valence-corrected chi connectivity index (χ2v) is 9.36. The van der Waals surface area contributed by atoms with Gasteiger partial charge in [0.25, 0.3) is 0 Å². The maximum absolute atomic E-state index is 13.8. The molecule has 0 fully saturated rings. The van der Waals surface area contributed by atoms with Crippen molar-refractivity contribution in [1.29, 1.82) is 0 Å². The van der Waals surface area contributed by atoms with E-state index in [1.807, 2.05) is 45.0 Å². The van der Waals surface area contributed by atoms with Crippen molar-refractivity contribution in [3.63, 3.8) is 0 Å². The van der Waals surface area contributed by atoms with Gasteiger partial charge >= 0.3 is 0 Å². The molecule has 2 amide bonds. The second kappa shape index (κ2) is 11.2. The number of amides is 2. The minimum Gasteiger partial charge on any atom is -0.497 e. The number of hydrogen-bond donors (Lipinski definition) is 1. The number of hydrogen-bond acceptors (Lipinski definition) is 4. The van der Waals surface area contributed by atoms with Crippen LogP contribution in [0.1, 0.15) is 38.8 Å². The van der Waals surface area contributed by atoms with E-state index >= 15 is 0 Å². The van der Waals surface area contributed by atoms with E-state index in [1.165, 1.54) is 17.8 Å². The Kier molecular flexibility index (Phi) is 8.92.